The highest BCUT2D eigenvalue weighted by atomic mass is 32.2. The maximum Gasteiger partial charge on any atom is 0.281 e. The van der Waals surface area contributed by atoms with Gasteiger partial charge in [-0.2, -0.15) is 17.0 Å². The summed E-state index contributed by atoms with van der Waals surface area (Å²) >= 11 is 0. The monoisotopic (exact) mass is 304 g/mol. The first kappa shape index (κ1) is 16.2. The van der Waals surface area contributed by atoms with Crippen molar-refractivity contribution >= 4 is 10.2 Å². The first-order valence-electron chi connectivity index (χ1n) is 7.61. The minimum absolute atomic E-state index is 0.0800. The van der Waals surface area contributed by atoms with Crippen LogP contribution in [0.3, 0.4) is 0 Å². The second-order valence-corrected chi connectivity index (χ2v) is 9.19. The molecule has 2 rings (SSSR count). The Hall–Kier alpha value is -0.170. The van der Waals surface area contributed by atoms with Crippen LogP contribution in [-0.2, 0) is 10.2 Å². The molecular formula is C14H28N2O3S. The molecule has 0 aromatic heterocycles. The zero-order valence-electron chi connectivity index (χ0n) is 12.9. The van der Waals surface area contributed by atoms with Crippen LogP contribution in [0.15, 0.2) is 0 Å². The van der Waals surface area contributed by atoms with E-state index in [4.69, 9.17) is 0 Å². The van der Waals surface area contributed by atoms with Crippen molar-refractivity contribution in [3.05, 3.63) is 0 Å². The Labute approximate surface area is 123 Å². The van der Waals surface area contributed by atoms with Crippen LogP contribution in [0.2, 0.25) is 0 Å². The highest BCUT2D eigenvalue weighted by molar-refractivity contribution is 7.86. The lowest BCUT2D eigenvalue weighted by atomic mass is 9.80. The number of nitrogens with zero attached hydrogens (tertiary/aromatic N) is 2. The average molecular weight is 304 g/mol. The van der Waals surface area contributed by atoms with Crippen molar-refractivity contribution in [2.24, 2.45) is 17.3 Å². The molecule has 0 spiro atoms. The van der Waals surface area contributed by atoms with Crippen LogP contribution in [0, 0.1) is 17.3 Å². The van der Waals surface area contributed by atoms with Gasteiger partial charge in [0.2, 0.25) is 0 Å². The standard InChI is InChI=1S/C14H28N2O3S/c1-14(2,3)13-6-8-16(10-13)20(18,19)15-7-4-5-12(9-15)11-17/h12-13,17H,4-11H2,1-3H3. The first-order chi connectivity index (χ1) is 9.25. The van der Waals surface area contributed by atoms with Gasteiger partial charge in [-0.05, 0) is 36.5 Å². The van der Waals surface area contributed by atoms with Crippen molar-refractivity contribution in [2.75, 3.05) is 32.8 Å². The molecule has 0 aliphatic carbocycles. The van der Waals surface area contributed by atoms with E-state index in [2.05, 4.69) is 20.8 Å². The number of aliphatic hydroxyl groups excluding tert-OH is 1. The Kier molecular flexibility index (Phi) is 4.79. The second-order valence-electron chi connectivity index (χ2n) is 7.27. The molecular weight excluding hydrogens is 276 g/mol. The molecule has 1 N–H and O–H groups in total. The van der Waals surface area contributed by atoms with Gasteiger partial charge in [-0.1, -0.05) is 20.8 Å². The van der Waals surface area contributed by atoms with Crippen molar-refractivity contribution in [1.82, 2.24) is 8.61 Å². The van der Waals surface area contributed by atoms with Crippen LogP contribution in [-0.4, -0.2) is 54.9 Å². The fourth-order valence-corrected chi connectivity index (χ4v) is 4.98. The van der Waals surface area contributed by atoms with Crippen molar-refractivity contribution in [3.63, 3.8) is 0 Å². The summed E-state index contributed by atoms with van der Waals surface area (Å²) in [5.41, 5.74) is 0.153. The SMILES string of the molecule is CC(C)(C)C1CCN(S(=O)(=O)N2CCCC(CO)C2)C1. The van der Waals surface area contributed by atoms with E-state index in [9.17, 15) is 13.5 Å². The van der Waals surface area contributed by atoms with Crippen molar-refractivity contribution < 1.29 is 13.5 Å². The molecule has 6 heteroatoms. The molecule has 5 nitrogen and oxygen atoms in total. The molecule has 0 aromatic rings. The Bertz CT molecular complexity index is 430. The van der Waals surface area contributed by atoms with E-state index in [1.165, 1.54) is 0 Å². The molecule has 2 aliphatic heterocycles. The molecule has 0 bridgehead atoms. The molecule has 20 heavy (non-hydrogen) atoms. The van der Waals surface area contributed by atoms with Crippen LogP contribution in [0.4, 0.5) is 0 Å². The normalized spacial score (nSPS) is 30.8. The van der Waals surface area contributed by atoms with Gasteiger partial charge in [0.15, 0.2) is 0 Å². The molecule has 0 radical (unpaired) electrons. The van der Waals surface area contributed by atoms with Crippen LogP contribution >= 0.6 is 0 Å². The van der Waals surface area contributed by atoms with E-state index >= 15 is 0 Å². The van der Waals surface area contributed by atoms with Gasteiger partial charge >= 0.3 is 0 Å². The molecule has 118 valence electrons. The number of piperidine rings is 1. The predicted octanol–water partition coefficient (Wildman–Crippen LogP) is 1.30. The van der Waals surface area contributed by atoms with Gasteiger partial charge in [-0.25, -0.2) is 0 Å². The average Bonchev–Trinajstić information content (AvgIpc) is 2.89. The zero-order chi connectivity index (χ0) is 15.0. The lowest BCUT2D eigenvalue weighted by Gasteiger charge is -2.34. The zero-order valence-corrected chi connectivity index (χ0v) is 13.7. The Balaban J connectivity index is 2.04. The topological polar surface area (TPSA) is 60.9 Å². The van der Waals surface area contributed by atoms with E-state index < -0.39 is 10.2 Å². The van der Waals surface area contributed by atoms with Crippen LogP contribution in [0.25, 0.3) is 0 Å². The van der Waals surface area contributed by atoms with Crippen molar-refractivity contribution in [2.45, 2.75) is 40.0 Å². The van der Waals surface area contributed by atoms with Gasteiger partial charge in [-0.3, -0.25) is 0 Å². The highest BCUT2D eigenvalue weighted by Crippen LogP contribution is 2.35. The largest absolute Gasteiger partial charge is 0.396 e. The van der Waals surface area contributed by atoms with Gasteiger partial charge < -0.3 is 5.11 Å². The summed E-state index contributed by atoms with van der Waals surface area (Å²) in [7, 11) is -3.34. The summed E-state index contributed by atoms with van der Waals surface area (Å²) in [5.74, 6) is 0.523. The lowest BCUT2D eigenvalue weighted by Crippen LogP contribution is -2.48. The summed E-state index contributed by atoms with van der Waals surface area (Å²) < 4.78 is 28.6. The molecule has 2 aliphatic rings. The minimum atomic E-state index is -3.34. The molecule has 0 saturated carbocycles. The number of aliphatic hydroxyl groups is 1. The van der Waals surface area contributed by atoms with E-state index in [-0.39, 0.29) is 17.9 Å². The third-order valence-corrected chi connectivity index (χ3v) is 6.74. The fraction of sp³-hybridized carbons (Fsp3) is 1.00. The van der Waals surface area contributed by atoms with Crippen molar-refractivity contribution in [3.8, 4) is 0 Å². The number of hydrogen-bond acceptors (Lipinski definition) is 3. The molecule has 2 saturated heterocycles. The molecule has 2 heterocycles. The summed E-state index contributed by atoms with van der Waals surface area (Å²) in [5, 5.41) is 9.25. The van der Waals surface area contributed by atoms with Gasteiger partial charge in [0, 0.05) is 32.8 Å². The predicted molar refractivity (Wildman–Crippen MR) is 79.4 cm³/mol. The molecule has 0 aromatic carbocycles. The van der Waals surface area contributed by atoms with Crippen LogP contribution in [0.1, 0.15) is 40.0 Å². The fourth-order valence-electron chi connectivity index (χ4n) is 3.19. The highest BCUT2D eigenvalue weighted by Gasteiger charge is 2.40. The van der Waals surface area contributed by atoms with Gasteiger partial charge in [0.05, 0.1) is 0 Å². The van der Waals surface area contributed by atoms with E-state index in [1.54, 1.807) is 8.61 Å². The Morgan fingerprint density at radius 1 is 1.10 bits per heavy atom. The molecule has 2 atom stereocenters. The van der Waals surface area contributed by atoms with E-state index in [0.29, 0.717) is 32.1 Å². The summed E-state index contributed by atoms with van der Waals surface area (Å²) in [6, 6.07) is 0. The maximum absolute atomic E-state index is 12.7. The number of rotatable bonds is 3. The molecule has 0 amide bonds. The summed E-state index contributed by atoms with van der Waals surface area (Å²) in [6.07, 6.45) is 2.72. The first-order valence-corrected chi connectivity index (χ1v) is 9.01. The number of hydrogen-bond donors (Lipinski definition) is 1. The smallest absolute Gasteiger partial charge is 0.281 e. The quantitative estimate of drug-likeness (QED) is 0.855. The van der Waals surface area contributed by atoms with Crippen LogP contribution in [0.5, 0.6) is 0 Å². The Morgan fingerprint density at radius 2 is 1.75 bits per heavy atom. The van der Waals surface area contributed by atoms with Crippen LogP contribution < -0.4 is 0 Å². The summed E-state index contributed by atoms with van der Waals surface area (Å²) in [4.78, 5) is 0. The van der Waals surface area contributed by atoms with E-state index in [0.717, 1.165) is 19.3 Å². The lowest BCUT2D eigenvalue weighted by molar-refractivity contribution is 0.161. The maximum atomic E-state index is 12.7. The van der Waals surface area contributed by atoms with Gasteiger partial charge in [0.25, 0.3) is 10.2 Å². The third-order valence-electron chi connectivity index (χ3n) is 4.77. The minimum Gasteiger partial charge on any atom is -0.396 e. The van der Waals surface area contributed by atoms with E-state index in [1.807, 2.05) is 0 Å². The molecule has 2 unspecified atom stereocenters. The van der Waals surface area contributed by atoms with Gasteiger partial charge in [-0.15, -0.1) is 0 Å². The van der Waals surface area contributed by atoms with Gasteiger partial charge in [0.1, 0.15) is 0 Å². The summed E-state index contributed by atoms with van der Waals surface area (Å²) in [6.45, 7) is 8.93. The second kappa shape index (κ2) is 5.91. The van der Waals surface area contributed by atoms with Crippen molar-refractivity contribution in [1.29, 1.82) is 0 Å². The Morgan fingerprint density at radius 3 is 2.30 bits per heavy atom. The molecule has 2 fully saturated rings. The third kappa shape index (κ3) is 3.35.